The lowest BCUT2D eigenvalue weighted by Gasteiger charge is -2.12. The summed E-state index contributed by atoms with van der Waals surface area (Å²) in [7, 11) is 0. The van der Waals surface area contributed by atoms with Crippen LogP contribution < -0.4 is 10.9 Å². The molecular weight excluding hydrogens is 361 g/mol. The first kappa shape index (κ1) is 17.7. The minimum Gasteiger partial charge on any atom is -0.507 e. The highest BCUT2D eigenvalue weighted by Crippen LogP contribution is 2.25. The van der Waals surface area contributed by atoms with Gasteiger partial charge in [0.05, 0.1) is 22.2 Å². The van der Waals surface area contributed by atoms with Crippen molar-refractivity contribution in [1.82, 2.24) is 9.38 Å². The molecule has 140 valence electrons. The Kier molecular flexibility index (Phi) is 4.27. The number of phenols is 1. The lowest BCUT2D eigenvalue weighted by Crippen LogP contribution is -2.18. The Bertz CT molecular complexity index is 1300. The van der Waals surface area contributed by atoms with Gasteiger partial charge in [-0.25, -0.2) is 9.37 Å². The van der Waals surface area contributed by atoms with Crippen LogP contribution in [0.3, 0.4) is 0 Å². The molecule has 0 unspecified atom stereocenters. The normalized spacial score (nSPS) is 11.1. The molecule has 0 atom stereocenters. The van der Waals surface area contributed by atoms with Crippen molar-refractivity contribution in [3.05, 3.63) is 82.0 Å². The standard InChI is InChI=1S/C21H16FN3O3/c1-2-23-17-9-12(19(27)15-10-13(22)7-8-18(15)26)11-25-20(17)24-16-6-4-3-5-14(16)21(25)28/h3-11,23,26H,2H2,1H3. The van der Waals surface area contributed by atoms with E-state index in [9.17, 15) is 19.1 Å². The van der Waals surface area contributed by atoms with Crippen LogP contribution in [0.25, 0.3) is 16.6 Å². The second kappa shape index (κ2) is 6.77. The van der Waals surface area contributed by atoms with Crippen LogP contribution in [0.2, 0.25) is 0 Å². The van der Waals surface area contributed by atoms with E-state index < -0.39 is 11.6 Å². The molecule has 0 spiro atoms. The fraction of sp³-hybridized carbons (Fsp3) is 0.0952. The highest BCUT2D eigenvalue weighted by Gasteiger charge is 2.18. The summed E-state index contributed by atoms with van der Waals surface area (Å²) in [4.78, 5) is 30.4. The number of pyridine rings is 1. The van der Waals surface area contributed by atoms with E-state index in [1.54, 1.807) is 30.3 Å². The van der Waals surface area contributed by atoms with E-state index in [1.807, 2.05) is 6.92 Å². The number of aromatic hydroxyl groups is 1. The van der Waals surface area contributed by atoms with Gasteiger partial charge in [-0.3, -0.25) is 14.0 Å². The number of ketones is 1. The van der Waals surface area contributed by atoms with E-state index in [2.05, 4.69) is 10.3 Å². The number of carbonyl (C=O) groups excluding carboxylic acids is 1. The van der Waals surface area contributed by atoms with Crippen molar-refractivity contribution in [2.24, 2.45) is 0 Å². The van der Waals surface area contributed by atoms with Crippen LogP contribution in [0, 0.1) is 5.82 Å². The molecule has 2 aromatic heterocycles. The molecule has 4 aromatic rings. The highest BCUT2D eigenvalue weighted by atomic mass is 19.1. The summed E-state index contributed by atoms with van der Waals surface area (Å²) in [6, 6.07) is 11.6. The number of anilines is 1. The van der Waals surface area contributed by atoms with Gasteiger partial charge in [0.1, 0.15) is 11.6 Å². The summed E-state index contributed by atoms with van der Waals surface area (Å²) in [5, 5.41) is 13.5. The van der Waals surface area contributed by atoms with Gasteiger partial charge in [-0.1, -0.05) is 12.1 Å². The first-order chi connectivity index (χ1) is 13.5. The lowest BCUT2D eigenvalue weighted by atomic mass is 10.0. The molecule has 28 heavy (non-hydrogen) atoms. The van der Waals surface area contributed by atoms with E-state index >= 15 is 0 Å². The molecule has 0 radical (unpaired) electrons. The van der Waals surface area contributed by atoms with Gasteiger partial charge in [-0.15, -0.1) is 0 Å². The van der Waals surface area contributed by atoms with Gasteiger partial charge in [0.2, 0.25) is 0 Å². The van der Waals surface area contributed by atoms with Crippen molar-refractivity contribution in [3.63, 3.8) is 0 Å². The number of fused-ring (bicyclic) bond motifs is 2. The van der Waals surface area contributed by atoms with Crippen molar-refractivity contribution >= 4 is 28.0 Å². The first-order valence-corrected chi connectivity index (χ1v) is 8.72. The summed E-state index contributed by atoms with van der Waals surface area (Å²) in [5.41, 5.74) is 1.05. The van der Waals surface area contributed by atoms with Gasteiger partial charge < -0.3 is 10.4 Å². The molecule has 0 aliphatic carbocycles. The van der Waals surface area contributed by atoms with Crippen LogP contribution in [-0.2, 0) is 0 Å². The molecule has 4 rings (SSSR count). The quantitative estimate of drug-likeness (QED) is 0.421. The maximum atomic E-state index is 13.6. The second-order valence-electron chi connectivity index (χ2n) is 6.29. The van der Waals surface area contributed by atoms with E-state index in [0.717, 1.165) is 18.2 Å². The first-order valence-electron chi connectivity index (χ1n) is 8.72. The van der Waals surface area contributed by atoms with Gasteiger partial charge in [-0.05, 0) is 43.3 Å². The maximum Gasteiger partial charge on any atom is 0.265 e. The zero-order valence-corrected chi connectivity index (χ0v) is 14.9. The third kappa shape index (κ3) is 2.87. The van der Waals surface area contributed by atoms with Crippen LogP contribution in [0.1, 0.15) is 22.8 Å². The molecule has 0 aliphatic rings. The zero-order chi connectivity index (χ0) is 19.8. The molecule has 0 aliphatic heterocycles. The predicted octanol–water partition coefficient (Wildman–Crippen LogP) is 3.36. The van der Waals surface area contributed by atoms with Crippen LogP contribution >= 0.6 is 0 Å². The van der Waals surface area contributed by atoms with Crippen molar-refractivity contribution in [2.45, 2.75) is 6.92 Å². The van der Waals surface area contributed by atoms with Crippen LogP contribution in [0.4, 0.5) is 10.1 Å². The summed E-state index contributed by atoms with van der Waals surface area (Å²) < 4.78 is 14.9. The average molecular weight is 377 g/mol. The van der Waals surface area contributed by atoms with Crippen molar-refractivity contribution in [1.29, 1.82) is 0 Å². The minimum atomic E-state index is -0.640. The molecule has 2 N–H and O–H groups in total. The number of halogens is 1. The smallest absolute Gasteiger partial charge is 0.265 e. The molecule has 0 saturated heterocycles. The van der Waals surface area contributed by atoms with Gasteiger partial charge in [-0.2, -0.15) is 0 Å². The largest absolute Gasteiger partial charge is 0.507 e. The second-order valence-corrected chi connectivity index (χ2v) is 6.29. The Hall–Kier alpha value is -3.74. The van der Waals surface area contributed by atoms with E-state index in [4.69, 9.17) is 0 Å². The molecule has 2 heterocycles. The van der Waals surface area contributed by atoms with Gasteiger partial charge in [0, 0.05) is 18.3 Å². The number of nitrogens with zero attached hydrogens (tertiary/aromatic N) is 2. The number of aromatic nitrogens is 2. The van der Waals surface area contributed by atoms with Gasteiger partial charge in [0.25, 0.3) is 5.56 Å². The Labute approximate surface area is 158 Å². The van der Waals surface area contributed by atoms with Gasteiger partial charge in [0.15, 0.2) is 11.4 Å². The third-order valence-electron chi connectivity index (χ3n) is 4.45. The molecule has 0 fully saturated rings. The lowest BCUT2D eigenvalue weighted by molar-refractivity contribution is 0.103. The number of rotatable bonds is 4. The molecular formula is C21H16FN3O3. The van der Waals surface area contributed by atoms with E-state index in [0.29, 0.717) is 28.8 Å². The highest BCUT2D eigenvalue weighted by molar-refractivity contribution is 6.11. The zero-order valence-electron chi connectivity index (χ0n) is 14.9. The van der Waals surface area contributed by atoms with E-state index in [1.165, 1.54) is 10.6 Å². The Morgan fingerprint density at radius 3 is 2.79 bits per heavy atom. The van der Waals surface area contributed by atoms with Crippen LogP contribution in [-0.4, -0.2) is 26.8 Å². The number of benzene rings is 2. The van der Waals surface area contributed by atoms with Crippen molar-refractivity contribution in [3.8, 4) is 5.75 Å². The Balaban J connectivity index is 2.01. The number of carbonyl (C=O) groups is 1. The van der Waals surface area contributed by atoms with Gasteiger partial charge >= 0.3 is 0 Å². The maximum absolute atomic E-state index is 13.6. The van der Waals surface area contributed by atoms with Crippen LogP contribution in [0.5, 0.6) is 5.75 Å². The molecule has 0 saturated carbocycles. The fourth-order valence-electron chi connectivity index (χ4n) is 3.14. The Morgan fingerprint density at radius 2 is 2.00 bits per heavy atom. The predicted molar refractivity (Wildman–Crippen MR) is 105 cm³/mol. The summed E-state index contributed by atoms with van der Waals surface area (Å²) >= 11 is 0. The van der Waals surface area contributed by atoms with Crippen molar-refractivity contribution in [2.75, 3.05) is 11.9 Å². The SMILES string of the molecule is CCNc1cc(C(=O)c2cc(F)ccc2O)cn2c(=O)c3ccccc3nc12. The third-order valence-corrected chi connectivity index (χ3v) is 4.45. The number of para-hydroxylation sites is 1. The summed E-state index contributed by atoms with van der Waals surface area (Å²) in [5.74, 6) is -1.57. The molecule has 0 bridgehead atoms. The minimum absolute atomic E-state index is 0.128. The van der Waals surface area contributed by atoms with E-state index in [-0.39, 0.29) is 22.4 Å². The monoisotopic (exact) mass is 377 g/mol. The summed E-state index contributed by atoms with van der Waals surface area (Å²) in [6.45, 7) is 2.42. The number of nitrogens with one attached hydrogen (secondary N) is 1. The molecule has 2 aromatic carbocycles. The Morgan fingerprint density at radius 1 is 1.21 bits per heavy atom. The molecule has 0 amide bonds. The number of hydrogen-bond acceptors (Lipinski definition) is 5. The van der Waals surface area contributed by atoms with Crippen molar-refractivity contribution < 1.29 is 14.3 Å². The number of phenolic OH excluding ortho intramolecular Hbond substituents is 1. The number of hydrogen-bond donors (Lipinski definition) is 2. The fourth-order valence-corrected chi connectivity index (χ4v) is 3.14. The summed E-state index contributed by atoms with van der Waals surface area (Å²) in [6.07, 6.45) is 1.37. The van der Waals surface area contributed by atoms with Crippen LogP contribution in [0.15, 0.2) is 59.5 Å². The average Bonchev–Trinajstić information content (AvgIpc) is 2.70. The molecule has 7 heteroatoms. The molecule has 6 nitrogen and oxygen atoms in total. The topological polar surface area (TPSA) is 83.7 Å².